The number of rotatable bonds is 7. The molecule has 0 amide bonds. The molecule has 3 nitrogen and oxygen atoms in total. The third-order valence-electron chi connectivity index (χ3n) is 6.96. The number of hydrogen-bond donors (Lipinski definition) is 0. The average molecular weight is 405 g/mol. The van der Waals surface area contributed by atoms with Gasteiger partial charge in [-0.15, -0.1) is 0 Å². The van der Waals surface area contributed by atoms with Crippen molar-refractivity contribution >= 4 is 5.78 Å². The van der Waals surface area contributed by atoms with Gasteiger partial charge in [-0.2, -0.15) is 0 Å². The Morgan fingerprint density at radius 3 is 2.30 bits per heavy atom. The van der Waals surface area contributed by atoms with Crippen molar-refractivity contribution in [1.82, 2.24) is 9.80 Å². The number of piperidine rings is 2. The van der Waals surface area contributed by atoms with Crippen molar-refractivity contribution in [3.8, 4) is 0 Å². The summed E-state index contributed by atoms with van der Waals surface area (Å²) >= 11 is 0. The molecule has 1 unspecified atom stereocenters. The normalized spacial score (nSPS) is 20.2. The van der Waals surface area contributed by atoms with Gasteiger partial charge in [0.2, 0.25) is 0 Å². The molecule has 0 N–H and O–H groups in total. The van der Waals surface area contributed by atoms with E-state index in [1.165, 1.54) is 70.4 Å². The van der Waals surface area contributed by atoms with Gasteiger partial charge in [0.05, 0.1) is 0 Å². The van der Waals surface area contributed by atoms with Crippen LogP contribution in [0.3, 0.4) is 0 Å². The molecule has 2 aliphatic rings. The smallest absolute Gasteiger partial charge is 0.193 e. The lowest BCUT2D eigenvalue weighted by Crippen LogP contribution is -2.41. The second-order valence-corrected chi connectivity index (χ2v) is 9.33. The predicted octanol–water partition coefficient (Wildman–Crippen LogP) is 5.22. The van der Waals surface area contributed by atoms with Crippen LogP contribution < -0.4 is 0 Å². The van der Waals surface area contributed by atoms with E-state index >= 15 is 0 Å². The van der Waals surface area contributed by atoms with Crippen molar-refractivity contribution in [2.45, 2.75) is 44.9 Å². The average Bonchev–Trinajstić information content (AvgIpc) is 2.81. The number of carbonyl (C=O) groups excluding carboxylic acids is 1. The number of carbonyl (C=O) groups is 1. The molecular weight excluding hydrogens is 368 g/mol. The molecule has 2 heterocycles. The van der Waals surface area contributed by atoms with E-state index in [1.807, 2.05) is 42.5 Å². The summed E-state index contributed by atoms with van der Waals surface area (Å²) in [4.78, 5) is 18.1. The summed E-state index contributed by atoms with van der Waals surface area (Å²) in [5, 5.41) is 0. The second kappa shape index (κ2) is 10.4. The van der Waals surface area contributed by atoms with Crippen LogP contribution in [0.2, 0.25) is 0 Å². The summed E-state index contributed by atoms with van der Waals surface area (Å²) in [7, 11) is 0. The number of likely N-dealkylation sites (tertiary alicyclic amines) is 2. The van der Waals surface area contributed by atoms with E-state index in [2.05, 4.69) is 28.9 Å². The third-order valence-corrected chi connectivity index (χ3v) is 6.96. The van der Waals surface area contributed by atoms with Gasteiger partial charge in [0.1, 0.15) is 0 Å². The first-order valence-corrected chi connectivity index (χ1v) is 11.8. The molecule has 0 aliphatic carbocycles. The molecule has 1 atom stereocenters. The van der Waals surface area contributed by atoms with E-state index in [0.717, 1.165) is 23.6 Å². The van der Waals surface area contributed by atoms with E-state index in [0.29, 0.717) is 5.92 Å². The monoisotopic (exact) mass is 404 g/mol. The van der Waals surface area contributed by atoms with Crippen LogP contribution in [0.5, 0.6) is 0 Å². The Kier molecular flexibility index (Phi) is 7.35. The van der Waals surface area contributed by atoms with Crippen LogP contribution in [0.15, 0.2) is 54.6 Å². The van der Waals surface area contributed by atoms with Crippen LogP contribution >= 0.6 is 0 Å². The fraction of sp³-hybridized carbons (Fsp3) is 0.519. The fourth-order valence-corrected chi connectivity index (χ4v) is 5.09. The van der Waals surface area contributed by atoms with Crippen LogP contribution in [-0.2, 0) is 0 Å². The summed E-state index contributed by atoms with van der Waals surface area (Å²) in [6.07, 6.45) is 6.86. The minimum absolute atomic E-state index is 0.114. The SMILES string of the molecule is CC(CN1CCC(CN2CCCCC2)CC1)c1cccc(C(=O)c2ccccc2)c1. The van der Waals surface area contributed by atoms with Crippen molar-refractivity contribution < 1.29 is 4.79 Å². The van der Waals surface area contributed by atoms with Gasteiger partial charge in [-0.05, 0) is 75.3 Å². The molecule has 3 heteroatoms. The molecule has 2 fully saturated rings. The molecule has 0 spiro atoms. The lowest BCUT2D eigenvalue weighted by Gasteiger charge is -2.37. The van der Waals surface area contributed by atoms with E-state index in [9.17, 15) is 4.79 Å². The number of ketones is 1. The molecular formula is C27H36N2O. The molecule has 2 saturated heterocycles. The predicted molar refractivity (Wildman–Crippen MR) is 124 cm³/mol. The number of benzene rings is 2. The Balaban J connectivity index is 1.29. The summed E-state index contributed by atoms with van der Waals surface area (Å²) < 4.78 is 0. The second-order valence-electron chi connectivity index (χ2n) is 9.33. The summed E-state index contributed by atoms with van der Waals surface area (Å²) in [5.74, 6) is 1.43. The first kappa shape index (κ1) is 21.3. The molecule has 0 bridgehead atoms. The largest absolute Gasteiger partial charge is 0.303 e. The zero-order chi connectivity index (χ0) is 20.8. The quantitative estimate of drug-likeness (QED) is 0.591. The maximum atomic E-state index is 12.8. The molecule has 160 valence electrons. The van der Waals surface area contributed by atoms with Crippen molar-refractivity contribution in [2.24, 2.45) is 5.92 Å². The Labute approximate surface area is 182 Å². The van der Waals surface area contributed by atoms with Crippen LogP contribution in [0.4, 0.5) is 0 Å². The third kappa shape index (κ3) is 5.59. The molecule has 4 rings (SSSR count). The highest BCUT2D eigenvalue weighted by atomic mass is 16.1. The van der Waals surface area contributed by atoms with E-state index in [4.69, 9.17) is 0 Å². The van der Waals surface area contributed by atoms with Crippen LogP contribution in [0, 0.1) is 5.92 Å². The standard InChI is InChI=1S/C27H36N2O/c1-22(20-29-17-13-23(14-18-29)21-28-15-6-3-7-16-28)25-11-8-12-26(19-25)27(30)24-9-4-2-5-10-24/h2,4-5,8-12,19,22-23H,3,6-7,13-18,20-21H2,1H3. The lowest BCUT2D eigenvalue weighted by atomic mass is 9.92. The van der Waals surface area contributed by atoms with E-state index in [-0.39, 0.29) is 5.78 Å². The highest BCUT2D eigenvalue weighted by Crippen LogP contribution is 2.24. The first-order chi connectivity index (χ1) is 14.7. The summed E-state index contributed by atoms with van der Waals surface area (Å²) in [6.45, 7) is 9.75. The fourth-order valence-electron chi connectivity index (χ4n) is 5.09. The molecule has 0 radical (unpaired) electrons. The number of nitrogens with zero attached hydrogens (tertiary/aromatic N) is 2. The molecule has 2 aromatic carbocycles. The summed E-state index contributed by atoms with van der Waals surface area (Å²) in [5.41, 5.74) is 2.83. The molecule has 0 saturated carbocycles. The zero-order valence-electron chi connectivity index (χ0n) is 18.4. The van der Waals surface area contributed by atoms with E-state index in [1.54, 1.807) is 0 Å². The van der Waals surface area contributed by atoms with Gasteiger partial charge in [-0.1, -0.05) is 61.9 Å². The van der Waals surface area contributed by atoms with Gasteiger partial charge >= 0.3 is 0 Å². The maximum absolute atomic E-state index is 12.8. The Bertz CT molecular complexity index is 805. The molecule has 0 aromatic heterocycles. The molecule has 2 aliphatic heterocycles. The minimum Gasteiger partial charge on any atom is -0.303 e. The van der Waals surface area contributed by atoms with Crippen LogP contribution in [0.25, 0.3) is 0 Å². The highest BCUT2D eigenvalue weighted by Gasteiger charge is 2.23. The Morgan fingerprint density at radius 2 is 1.57 bits per heavy atom. The van der Waals surface area contributed by atoms with Gasteiger partial charge in [0.15, 0.2) is 5.78 Å². The maximum Gasteiger partial charge on any atom is 0.193 e. The minimum atomic E-state index is 0.114. The summed E-state index contributed by atoms with van der Waals surface area (Å²) in [6, 6.07) is 17.8. The lowest BCUT2D eigenvalue weighted by molar-refractivity contribution is 0.103. The van der Waals surface area contributed by atoms with Crippen molar-refractivity contribution in [2.75, 3.05) is 39.3 Å². The van der Waals surface area contributed by atoms with E-state index < -0.39 is 0 Å². The number of hydrogen-bond acceptors (Lipinski definition) is 3. The van der Waals surface area contributed by atoms with Crippen LogP contribution in [0.1, 0.15) is 66.4 Å². The van der Waals surface area contributed by atoms with Gasteiger partial charge in [0, 0.05) is 24.2 Å². The highest BCUT2D eigenvalue weighted by molar-refractivity contribution is 6.09. The van der Waals surface area contributed by atoms with Crippen molar-refractivity contribution in [3.05, 3.63) is 71.3 Å². The van der Waals surface area contributed by atoms with Crippen molar-refractivity contribution in [1.29, 1.82) is 0 Å². The Hall–Kier alpha value is -1.97. The van der Waals surface area contributed by atoms with Gasteiger partial charge in [-0.25, -0.2) is 0 Å². The topological polar surface area (TPSA) is 23.6 Å². The van der Waals surface area contributed by atoms with Gasteiger partial charge in [-0.3, -0.25) is 4.79 Å². The van der Waals surface area contributed by atoms with Crippen LogP contribution in [-0.4, -0.2) is 54.9 Å². The molecule has 30 heavy (non-hydrogen) atoms. The first-order valence-electron chi connectivity index (χ1n) is 11.8. The molecule has 2 aromatic rings. The zero-order valence-corrected chi connectivity index (χ0v) is 18.4. The van der Waals surface area contributed by atoms with Crippen molar-refractivity contribution in [3.63, 3.8) is 0 Å². The van der Waals surface area contributed by atoms with Gasteiger partial charge < -0.3 is 9.80 Å². The van der Waals surface area contributed by atoms with Gasteiger partial charge in [0.25, 0.3) is 0 Å². The Morgan fingerprint density at radius 1 is 0.867 bits per heavy atom.